The van der Waals surface area contributed by atoms with Crippen LogP contribution in [-0.2, 0) is 0 Å². The summed E-state index contributed by atoms with van der Waals surface area (Å²) in [5.74, 6) is 0. The quantitative estimate of drug-likeness (QED) is 0.504. The van der Waals surface area contributed by atoms with Crippen molar-refractivity contribution < 1.29 is 22.9 Å². The molecule has 92 valence electrons. The second kappa shape index (κ2) is 4.81. The largest absolute Gasteiger partial charge is 0.405 e. The number of rotatable bonds is 4. The number of nitrogens with one attached hydrogen (secondary N) is 1. The van der Waals surface area contributed by atoms with Crippen LogP contribution in [-0.4, -0.2) is 23.9 Å². The molecule has 0 amide bonds. The van der Waals surface area contributed by atoms with Crippen LogP contribution >= 0.6 is 0 Å². The lowest BCUT2D eigenvalue weighted by molar-refractivity contribution is -0.384. The van der Waals surface area contributed by atoms with Crippen LogP contribution in [0.3, 0.4) is 0 Å². The first-order valence-corrected chi connectivity index (χ1v) is 4.38. The first kappa shape index (κ1) is 12.9. The summed E-state index contributed by atoms with van der Waals surface area (Å²) >= 11 is 0. The van der Waals surface area contributed by atoms with E-state index in [1.54, 1.807) is 0 Å². The average Bonchev–Trinajstić information content (AvgIpc) is 2.25. The van der Waals surface area contributed by atoms with Gasteiger partial charge in [-0.05, 0) is 12.1 Å². The Balaban J connectivity index is 2.98. The van der Waals surface area contributed by atoms with Crippen molar-refractivity contribution in [2.45, 2.75) is 6.18 Å². The highest BCUT2D eigenvalue weighted by Gasteiger charge is 2.28. The summed E-state index contributed by atoms with van der Waals surface area (Å²) in [7, 11) is 0. The highest BCUT2D eigenvalue weighted by atomic mass is 19.4. The number of nitrogens with zero attached hydrogens (tertiary/aromatic N) is 1. The standard InChI is InChI=1S/C9H7F3N2O3/c10-9(11,12)5-13-7-2-1-6(4-15)3-8(7)14(16)17/h1-4,13H,5H2. The van der Waals surface area contributed by atoms with Crippen molar-refractivity contribution in [1.82, 2.24) is 0 Å². The van der Waals surface area contributed by atoms with E-state index in [1.807, 2.05) is 5.32 Å². The highest BCUT2D eigenvalue weighted by molar-refractivity contribution is 5.79. The van der Waals surface area contributed by atoms with Gasteiger partial charge in [0, 0.05) is 11.6 Å². The molecule has 0 atom stereocenters. The summed E-state index contributed by atoms with van der Waals surface area (Å²) in [5.41, 5.74) is -0.828. The molecular weight excluding hydrogens is 241 g/mol. The van der Waals surface area contributed by atoms with Gasteiger partial charge in [-0.1, -0.05) is 0 Å². The molecule has 0 aromatic heterocycles. The maximum atomic E-state index is 11.9. The van der Waals surface area contributed by atoms with Gasteiger partial charge in [-0.15, -0.1) is 0 Å². The van der Waals surface area contributed by atoms with Gasteiger partial charge in [0.05, 0.1) is 4.92 Å². The zero-order valence-electron chi connectivity index (χ0n) is 8.32. The molecule has 0 aliphatic carbocycles. The molecule has 0 spiro atoms. The van der Waals surface area contributed by atoms with E-state index < -0.39 is 23.3 Å². The summed E-state index contributed by atoms with van der Waals surface area (Å²) in [6.07, 6.45) is -4.10. The number of hydrogen-bond donors (Lipinski definition) is 1. The van der Waals surface area contributed by atoms with E-state index >= 15 is 0 Å². The minimum atomic E-state index is -4.48. The van der Waals surface area contributed by atoms with Gasteiger partial charge in [0.15, 0.2) is 0 Å². The lowest BCUT2D eigenvalue weighted by Crippen LogP contribution is -2.21. The van der Waals surface area contributed by atoms with E-state index in [9.17, 15) is 28.1 Å². The number of anilines is 1. The SMILES string of the molecule is O=Cc1ccc(NCC(F)(F)F)c([N+](=O)[O-])c1. The lowest BCUT2D eigenvalue weighted by atomic mass is 10.2. The summed E-state index contributed by atoms with van der Waals surface area (Å²) in [6, 6.07) is 3.16. The van der Waals surface area contributed by atoms with Gasteiger partial charge in [-0.25, -0.2) is 0 Å². The number of hydrogen-bond acceptors (Lipinski definition) is 4. The number of carbonyl (C=O) groups is 1. The average molecular weight is 248 g/mol. The lowest BCUT2D eigenvalue weighted by Gasteiger charge is -2.09. The number of nitro groups is 1. The molecule has 5 nitrogen and oxygen atoms in total. The molecule has 0 unspecified atom stereocenters. The zero-order chi connectivity index (χ0) is 13.1. The van der Waals surface area contributed by atoms with Gasteiger partial charge in [-0.3, -0.25) is 14.9 Å². The fourth-order valence-electron chi connectivity index (χ4n) is 1.12. The Morgan fingerprint density at radius 2 is 2.06 bits per heavy atom. The summed E-state index contributed by atoms with van der Waals surface area (Å²) < 4.78 is 35.8. The predicted octanol–water partition coefficient (Wildman–Crippen LogP) is 2.38. The summed E-state index contributed by atoms with van der Waals surface area (Å²) in [6.45, 7) is -1.38. The van der Waals surface area contributed by atoms with Gasteiger partial charge >= 0.3 is 6.18 Å². The summed E-state index contributed by atoms with van der Waals surface area (Å²) in [5, 5.41) is 12.5. The van der Waals surface area contributed by atoms with Crippen molar-refractivity contribution in [2.75, 3.05) is 11.9 Å². The third-order valence-corrected chi connectivity index (χ3v) is 1.83. The number of halogens is 3. The van der Waals surface area contributed by atoms with Crippen LogP contribution in [0.25, 0.3) is 0 Å². The first-order valence-electron chi connectivity index (χ1n) is 4.38. The number of benzene rings is 1. The highest BCUT2D eigenvalue weighted by Crippen LogP contribution is 2.26. The van der Waals surface area contributed by atoms with Crippen molar-refractivity contribution >= 4 is 17.7 Å². The minimum Gasteiger partial charge on any atom is -0.371 e. The number of aldehydes is 1. The molecule has 0 aliphatic rings. The molecule has 1 N–H and O–H groups in total. The molecule has 1 aromatic carbocycles. The Morgan fingerprint density at radius 3 is 2.53 bits per heavy atom. The summed E-state index contributed by atoms with van der Waals surface area (Å²) in [4.78, 5) is 20.1. The Bertz CT molecular complexity index is 446. The van der Waals surface area contributed by atoms with Gasteiger partial charge in [-0.2, -0.15) is 13.2 Å². The number of carbonyl (C=O) groups excluding carboxylic acids is 1. The Kier molecular flexibility index (Phi) is 3.66. The van der Waals surface area contributed by atoms with Crippen LogP contribution < -0.4 is 5.32 Å². The Morgan fingerprint density at radius 1 is 1.41 bits per heavy atom. The van der Waals surface area contributed by atoms with Crippen molar-refractivity contribution in [3.05, 3.63) is 33.9 Å². The smallest absolute Gasteiger partial charge is 0.371 e. The molecule has 0 heterocycles. The monoisotopic (exact) mass is 248 g/mol. The number of alkyl halides is 3. The second-order valence-electron chi connectivity index (χ2n) is 3.12. The molecule has 17 heavy (non-hydrogen) atoms. The molecule has 0 radical (unpaired) electrons. The fraction of sp³-hybridized carbons (Fsp3) is 0.222. The normalized spacial score (nSPS) is 11.0. The van der Waals surface area contributed by atoms with E-state index in [0.29, 0.717) is 6.29 Å². The molecule has 0 aliphatic heterocycles. The molecular formula is C9H7F3N2O3. The van der Waals surface area contributed by atoms with Crippen molar-refractivity contribution in [1.29, 1.82) is 0 Å². The van der Waals surface area contributed by atoms with Crippen LogP contribution in [0, 0.1) is 10.1 Å². The van der Waals surface area contributed by atoms with Crippen LogP contribution in [0.15, 0.2) is 18.2 Å². The molecule has 0 fully saturated rings. The molecule has 0 saturated heterocycles. The topological polar surface area (TPSA) is 72.2 Å². The fourth-order valence-corrected chi connectivity index (χ4v) is 1.12. The second-order valence-corrected chi connectivity index (χ2v) is 3.12. The van der Waals surface area contributed by atoms with Crippen LogP contribution in [0.1, 0.15) is 10.4 Å². The van der Waals surface area contributed by atoms with Crippen LogP contribution in [0.2, 0.25) is 0 Å². The van der Waals surface area contributed by atoms with Crippen LogP contribution in [0.4, 0.5) is 24.5 Å². The van der Waals surface area contributed by atoms with E-state index in [-0.39, 0.29) is 11.3 Å². The first-order chi connectivity index (χ1) is 7.83. The third kappa shape index (κ3) is 3.74. The minimum absolute atomic E-state index is 0.0225. The molecule has 1 rings (SSSR count). The maximum Gasteiger partial charge on any atom is 0.405 e. The van der Waals surface area contributed by atoms with Crippen LogP contribution in [0.5, 0.6) is 0 Å². The molecule has 8 heteroatoms. The van der Waals surface area contributed by atoms with Gasteiger partial charge in [0.25, 0.3) is 5.69 Å². The number of nitro benzene ring substituents is 1. The Labute approximate surface area is 93.4 Å². The predicted molar refractivity (Wildman–Crippen MR) is 53.0 cm³/mol. The Hall–Kier alpha value is -2.12. The maximum absolute atomic E-state index is 11.9. The van der Waals surface area contributed by atoms with Crippen molar-refractivity contribution in [2.24, 2.45) is 0 Å². The van der Waals surface area contributed by atoms with E-state index in [4.69, 9.17) is 0 Å². The van der Waals surface area contributed by atoms with E-state index in [2.05, 4.69) is 0 Å². The van der Waals surface area contributed by atoms with Gasteiger partial charge in [0.2, 0.25) is 0 Å². The van der Waals surface area contributed by atoms with Gasteiger partial charge in [0.1, 0.15) is 18.5 Å². The van der Waals surface area contributed by atoms with Crippen molar-refractivity contribution in [3.63, 3.8) is 0 Å². The van der Waals surface area contributed by atoms with Gasteiger partial charge < -0.3 is 5.32 Å². The molecule has 0 saturated carbocycles. The van der Waals surface area contributed by atoms with E-state index in [1.165, 1.54) is 6.07 Å². The van der Waals surface area contributed by atoms with E-state index in [0.717, 1.165) is 12.1 Å². The molecule has 0 bridgehead atoms. The van der Waals surface area contributed by atoms with Crippen molar-refractivity contribution in [3.8, 4) is 0 Å². The third-order valence-electron chi connectivity index (χ3n) is 1.83. The zero-order valence-corrected chi connectivity index (χ0v) is 8.32. The molecule has 1 aromatic rings.